The number of non-ortho nitro benzene ring substituents is 1. The van der Waals surface area contributed by atoms with Gasteiger partial charge in [-0.25, -0.2) is 4.39 Å². The van der Waals surface area contributed by atoms with Crippen molar-refractivity contribution in [3.05, 3.63) is 81.2 Å². The lowest BCUT2D eigenvalue weighted by atomic mass is 10.1. The van der Waals surface area contributed by atoms with Gasteiger partial charge in [-0.15, -0.1) is 0 Å². The molecule has 0 aromatic heterocycles. The SMILES string of the molecule is Cc1ccc(CNC(=O)/C=C/c2ccc([N+](=O)[O-])cc2)cc1F. The number of halogens is 1. The molecule has 23 heavy (non-hydrogen) atoms. The Labute approximate surface area is 132 Å². The zero-order valence-corrected chi connectivity index (χ0v) is 12.5. The van der Waals surface area contributed by atoms with E-state index in [1.165, 1.54) is 24.3 Å². The molecule has 6 heteroatoms. The van der Waals surface area contributed by atoms with E-state index in [4.69, 9.17) is 0 Å². The fraction of sp³-hybridized carbons (Fsp3) is 0.118. The van der Waals surface area contributed by atoms with Crippen LogP contribution < -0.4 is 5.32 Å². The van der Waals surface area contributed by atoms with Crippen LogP contribution in [0, 0.1) is 22.9 Å². The van der Waals surface area contributed by atoms with E-state index < -0.39 is 4.92 Å². The van der Waals surface area contributed by atoms with Crippen molar-refractivity contribution in [1.82, 2.24) is 5.32 Å². The number of nitrogens with zero attached hydrogens (tertiary/aromatic N) is 1. The summed E-state index contributed by atoms with van der Waals surface area (Å²) < 4.78 is 13.4. The van der Waals surface area contributed by atoms with Crippen LogP contribution in [0.2, 0.25) is 0 Å². The minimum Gasteiger partial charge on any atom is -0.348 e. The van der Waals surface area contributed by atoms with Crippen LogP contribution in [0.15, 0.2) is 48.5 Å². The topological polar surface area (TPSA) is 72.2 Å². The average molecular weight is 314 g/mol. The standard InChI is InChI=1S/C17H15FN2O3/c1-12-2-3-14(10-16(12)18)11-19-17(21)9-6-13-4-7-15(8-5-13)20(22)23/h2-10H,11H2,1H3,(H,19,21)/b9-6+. The molecule has 1 N–H and O–H groups in total. The van der Waals surface area contributed by atoms with E-state index in [-0.39, 0.29) is 24.0 Å². The second-order valence-corrected chi connectivity index (χ2v) is 4.98. The molecular weight excluding hydrogens is 299 g/mol. The molecule has 2 rings (SSSR count). The number of nitrogens with one attached hydrogen (secondary N) is 1. The van der Waals surface area contributed by atoms with Gasteiger partial charge in [0.05, 0.1) is 4.92 Å². The number of aryl methyl sites for hydroxylation is 1. The first-order valence-corrected chi connectivity index (χ1v) is 6.91. The minimum atomic E-state index is -0.485. The van der Waals surface area contributed by atoms with Crippen molar-refractivity contribution in [2.45, 2.75) is 13.5 Å². The predicted octanol–water partition coefficient (Wildman–Crippen LogP) is 3.37. The molecular formula is C17H15FN2O3. The monoisotopic (exact) mass is 314 g/mol. The van der Waals surface area contributed by atoms with Crippen molar-refractivity contribution in [3.8, 4) is 0 Å². The van der Waals surface area contributed by atoms with Crippen molar-refractivity contribution in [1.29, 1.82) is 0 Å². The summed E-state index contributed by atoms with van der Waals surface area (Å²) in [7, 11) is 0. The molecule has 0 spiro atoms. The normalized spacial score (nSPS) is 10.7. The molecule has 1 amide bonds. The van der Waals surface area contributed by atoms with Crippen LogP contribution in [0.1, 0.15) is 16.7 Å². The van der Waals surface area contributed by atoms with Gasteiger partial charge < -0.3 is 5.32 Å². The van der Waals surface area contributed by atoms with Crippen LogP contribution in [0.5, 0.6) is 0 Å². The molecule has 118 valence electrons. The average Bonchev–Trinajstić information content (AvgIpc) is 2.54. The van der Waals surface area contributed by atoms with Gasteiger partial charge in [-0.3, -0.25) is 14.9 Å². The molecule has 5 nitrogen and oxygen atoms in total. The Kier molecular flexibility index (Phi) is 5.19. The number of benzene rings is 2. The molecule has 0 bridgehead atoms. The zero-order chi connectivity index (χ0) is 16.8. The van der Waals surface area contributed by atoms with Gasteiger partial charge in [0.25, 0.3) is 5.69 Å². The van der Waals surface area contributed by atoms with E-state index in [9.17, 15) is 19.3 Å². The molecule has 0 radical (unpaired) electrons. The van der Waals surface area contributed by atoms with Crippen molar-refractivity contribution in [2.75, 3.05) is 0 Å². The quantitative estimate of drug-likeness (QED) is 0.522. The van der Waals surface area contributed by atoms with E-state index >= 15 is 0 Å². The third-order valence-electron chi connectivity index (χ3n) is 3.23. The molecule has 0 saturated carbocycles. The van der Waals surface area contributed by atoms with Gasteiger partial charge in [-0.1, -0.05) is 12.1 Å². The Morgan fingerprint density at radius 1 is 1.26 bits per heavy atom. The molecule has 0 aliphatic heterocycles. The lowest BCUT2D eigenvalue weighted by Crippen LogP contribution is -2.20. The lowest BCUT2D eigenvalue weighted by molar-refractivity contribution is -0.384. The molecule has 0 unspecified atom stereocenters. The van der Waals surface area contributed by atoms with Crippen LogP contribution in [-0.4, -0.2) is 10.8 Å². The summed E-state index contributed by atoms with van der Waals surface area (Å²) in [6, 6.07) is 10.6. The highest BCUT2D eigenvalue weighted by atomic mass is 19.1. The molecule has 0 fully saturated rings. The Morgan fingerprint density at radius 3 is 2.57 bits per heavy atom. The van der Waals surface area contributed by atoms with Gasteiger partial charge in [0, 0.05) is 24.8 Å². The Hall–Kier alpha value is -3.02. The summed E-state index contributed by atoms with van der Waals surface area (Å²) in [5.74, 6) is -0.637. The smallest absolute Gasteiger partial charge is 0.269 e. The van der Waals surface area contributed by atoms with Gasteiger partial charge in [-0.05, 0) is 47.9 Å². The van der Waals surface area contributed by atoms with Crippen molar-refractivity contribution < 1.29 is 14.1 Å². The summed E-state index contributed by atoms with van der Waals surface area (Å²) in [5.41, 5.74) is 1.89. The highest BCUT2D eigenvalue weighted by Crippen LogP contribution is 2.13. The molecule has 2 aromatic rings. The van der Waals surface area contributed by atoms with Crippen molar-refractivity contribution in [3.63, 3.8) is 0 Å². The van der Waals surface area contributed by atoms with Gasteiger partial charge >= 0.3 is 0 Å². The first-order chi connectivity index (χ1) is 11.0. The van der Waals surface area contributed by atoms with Crippen LogP contribution in [0.25, 0.3) is 6.08 Å². The number of amides is 1. The molecule has 0 atom stereocenters. The maximum Gasteiger partial charge on any atom is 0.269 e. The Bertz CT molecular complexity index is 755. The summed E-state index contributed by atoms with van der Waals surface area (Å²) >= 11 is 0. The molecule has 0 aliphatic rings. The number of hydrogen-bond acceptors (Lipinski definition) is 3. The number of hydrogen-bond donors (Lipinski definition) is 1. The number of rotatable bonds is 5. The summed E-state index contributed by atoms with van der Waals surface area (Å²) in [6.07, 6.45) is 2.88. The van der Waals surface area contributed by atoms with E-state index in [0.29, 0.717) is 16.7 Å². The second kappa shape index (κ2) is 7.31. The van der Waals surface area contributed by atoms with Crippen molar-refractivity contribution in [2.24, 2.45) is 0 Å². The van der Waals surface area contributed by atoms with Crippen LogP contribution in [-0.2, 0) is 11.3 Å². The van der Waals surface area contributed by atoms with E-state index in [1.54, 1.807) is 37.3 Å². The highest BCUT2D eigenvalue weighted by molar-refractivity contribution is 5.91. The fourth-order valence-corrected chi connectivity index (χ4v) is 1.87. The molecule has 0 aliphatic carbocycles. The van der Waals surface area contributed by atoms with Crippen molar-refractivity contribution >= 4 is 17.7 Å². The highest BCUT2D eigenvalue weighted by Gasteiger charge is 2.03. The maximum atomic E-state index is 13.4. The van der Waals surface area contributed by atoms with Gasteiger partial charge in [0.1, 0.15) is 5.82 Å². The fourth-order valence-electron chi connectivity index (χ4n) is 1.87. The number of carbonyl (C=O) groups is 1. The lowest BCUT2D eigenvalue weighted by Gasteiger charge is -2.04. The van der Waals surface area contributed by atoms with Crippen LogP contribution in [0.4, 0.5) is 10.1 Å². The van der Waals surface area contributed by atoms with E-state index in [2.05, 4.69) is 5.32 Å². The van der Waals surface area contributed by atoms with Gasteiger partial charge in [0.2, 0.25) is 5.91 Å². The third-order valence-corrected chi connectivity index (χ3v) is 3.23. The summed E-state index contributed by atoms with van der Waals surface area (Å²) in [5, 5.41) is 13.2. The van der Waals surface area contributed by atoms with Crippen LogP contribution >= 0.6 is 0 Å². The predicted molar refractivity (Wildman–Crippen MR) is 85.1 cm³/mol. The molecule has 0 heterocycles. The Morgan fingerprint density at radius 2 is 1.96 bits per heavy atom. The second-order valence-electron chi connectivity index (χ2n) is 4.98. The number of nitro benzene ring substituents is 1. The van der Waals surface area contributed by atoms with Crippen LogP contribution in [0.3, 0.4) is 0 Å². The first kappa shape index (κ1) is 16.4. The zero-order valence-electron chi connectivity index (χ0n) is 12.5. The number of nitro groups is 1. The molecule has 2 aromatic carbocycles. The molecule has 0 saturated heterocycles. The van der Waals surface area contributed by atoms with E-state index in [0.717, 1.165) is 0 Å². The van der Waals surface area contributed by atoms with Gasteiger partial charge in [0.15, 0.2) is 0 Å². The maximum absolute atomic E-state index is 13.4. The summed E-state index contributed by atoms with van der Waals surface area (Å²) in [4.78, 5) is 21.8. The van der Waals surface area contributed by atoms with Gasteiger partial charge in [-0.2, -0.15) is 0 Å². The first-order valence-electron chi connectivity index (χ1n) is 6.91. The Balaban J connectivity index is 1.90. The third kappa shape index (κ3) is 4.74. The largest absolute Gasteiger partial charge is 0.348 e. The summed E-state index contributed by atoms with van der Waals surface area (Å²) in [6.45, 7) is 1.89. The minimum absolute atomic E-state index is 0.00648. The van der Waals surface area contributed by atoms with E-state index in [1.807, 2.05) is 0 Å². The number of carbonyl (C=O) groups excluding carboxylic acids is 1.